The van der Waals surface area contributed by atoms with Crippen molar-refractivity contribution in [1.29, 1.82) is 0 Å². The molecule has 21 heavy (non-hydrogen) atoms. The number of aromatic nitrogens is 1. The minimum atomic E-state index is 0.0559. The van der Waals surface area contributed by atoms with Crippen molar-refractivity contribution in [3.05, 3.63) is 42.2 Å². The number of hydrogen-bond donors (Lipinski definition) is 1. The van der Waals surface area contributed by atoms with Crippen LogP contribution in [0.25, 0.3) is 0 Å². The van der Waals surface area contributed by atoms with Crippen molar-refractivity contribution in [3.63, 3.8) is 0 Å². The topological polar surface area (TPSA) is 54.5 Å². The van der Waals surface area contributed by atoms with Gasteiger partial charge in [0.1, 0.15) is 0 Å². The Kier molecular flexibility index (Phi) is 6.37. The molecule has 1 atom stereocenters. The Balaban J connectivity index is 2.00. The van der Waals surface area contributed by atoms with Gasteiger partial charge in [0.2, 0.25) is 5.91 Å². The first-order valence-corrected chi connectivity index (χ1v) is 7.41. The number of carbonyl (C=O) groups excluding carboxylic acids is 1. The summed E-state index contributed by atoms with van der Waals surface area (Å²) in [5, 5.41) is 3.02. The summed E-state index contributed by atoms with van der Waals surface area (Å²) in [6.07, 6.45) is 7.78. The van der Waals surface area contributed by atoms with Crippen molar-refractivity contribution in [2.75, 3.05) is 32.8 Å². The first kappa shape index (κ1) is 15.7. The Labute approximate surface area is 126 Å². The Hall–Kier alpha value is -1.72. The van der Waals surface area contributed by atoms with Gasteiger partial charge in [-0.2, -0.15) is 0 Å². The number of rotatable bonds is 6. The smallest absolute Gasteiger partial charge is 0.223 e. The lowest BCUT2D eigenvalue weighted by atomic mass is 10.1. The van der Waals surface area contributed by atoms with E-state index in [2.05, 4.69) is 15.2 Å². The molecule has 5 heteroatoms. The Morgan fingerprint density at radius 1 is 1.43 bits per heavy atom. The molecule has 1 unspecified atom stereocenters. The minimum Gasteiger partial charge on any atom is -0.379 e. The van der Waals surface area contributed by atoms with E-state index in [0.717, 1.165) is 26.3 Å². The van der Waals surface area contributed by atoms with E-state index >= 15 is 0 Å². The molecule has 5 nitrogen and oxygen atoms in total. The molecule has 1 N–H and O–H groups in total. The lowest BCUT2D eigenvalue weighted by Gasteiger charge is -2.34. The van der Waals surface area contributed by atoms with Crippen molar-refractivity contribution >= 4 is 5.91 Å². The molecule has 0 aromatic carbocycles. The molecule has 2 rings (SSSR count). The quantitative estimate of drug-likeness (QED) is 0.807. The zero-order valence-corrected chi connectivity index (χ0v) is 12.5. The van der Waals surface area contributed by atoms with Gasteiger partial charge in [-0.25, -0.2) is 0 Å². The van der Waals surface area contributed by atoms with Crippen molar-refractivity contribution < 1.29 is 9.53 Å². The van der Waals surface area contributed by atoms with Crippen LogP contribution in [0, 0.1) is 0 Å². The Morgan fingerprint density at radius 3 is 2.81 bits per heavy atom. The molecule has 114 valence electrons. The molecular formula is C16H23N3O2. The van der Waals surface area contributed by atoms with E-state index in [1.807, 2.05) is 31.2 Å². The highest BCUT2D eigenvalue weighted by molar-refractivity contribution is 5.77. The molecule has 1 amide bonds. The van der Waals surface area contributed by atoms with Crippen molar-refractivity contribution in [2.24, 2.45) is 0 Å². The van der Waals surface area contributed by atoms with Crippen LogP contribution in [0.5, 0.6) is 0 Å². The largest absolute Gasteiger partial charge is 0.379 e. The summed E-state index contributed by atoms with van der Waals surface area (Å²) < 4.78 is 5.41. The van der Waals surface area contributed by atoms with E-state index in [0.29, 0.717) is 13.0 Å². The predicted octanol–water partition coefficient (Wildman–Crippen LogP) is 1.54. The van der Waals surface area contributed by atoms with Gasteiger partial charge in [0, 0.05) is 38.4 Å². The number of nitrogens with one attached hydrogen (secondary N) is 1. The average molecular weight is 289 g/mol. The maximum atomic E-state index is 11.8. The van der Waals surface area contributed by atoms with Gasteiger partial charge in [-0.1, -0.05) is 12.2 Å². The van der Waals surface area contributed by atoms with Crippen molar-refractivity contribution in [2.45, 2.75) is 19.4 Å². The SMILES string of the molecule is CC=CCC(=O)NCC(c1ccncc1)N1CCOCC1. The molecular weight excluding hydrogens is 266 g/mol. The van der Waals surface area contributed by atoms with Gasteiger partial charge >= 0.3 is 0 Å². The second-order valence-electron chi connectivity index (χ2n) is 5.02. The summed E-state index contributed by atoms with van der Waals surface area (Å²) in [6, 6.07) is 4.20. The third-order valence-electron chi connectivity index (χ3n) is 3.61. The fourth-order valence-electron chi connectivity index (χ4n) is 2.44. The molecule has 0 bridgehead atoms. The zero-order chi connectivity index (χ0) is 14.9. The van der Waals surface area contributed by atoms with Crippen LogP contribution in [0.1, 0.15) is 24.9 Å². The van der Waals surface area contributed by atoms with Gasteiger partial charge in [0.05, 0.1) is 19.3 Å². The van der Waals surface area contributed by atoms with E-state index in [-0.39, 0.29) is 11.9 Å². The Bertz CT molecular complexity index is 456. The molecule has 1 fully saturated rings. The van der Waals surface area contributed by atoms with Gasteiger partial charge in [-0.3, -0.25) is 14.7 Å². The van der Waals surface area contributed by atoms with Gasteiger partial charge in [0.25, 0.3) is 0 Å². The van der Waals surface area contributed by atoms with Crippen LogP contribution >= 0.6 is 0 Å². The van der Waals surface area contributed by atoms with Crippen LogP contribution in [0.3, 0.4) is 0 Å². The summed E-state index contributed by atoms with van der Waals surface area (Å²) in [7, 11) is 0. The van der Waals surface area contributed by atoms with Crippen LogP contribution in [0.15, 0.2) is 36.7 Å². The number of allylic oxidation sites excluding steroid dienone is 1. The molecule has 0 spiro atoms. The number of carbonyl (C=O) groups is 1. The second-order valence-corrected chi connectivity index (χ2v) is 5.02. The molecule has 1 aromatic rings. The molecule has 1 saturated heterocycles. The highest BCUT2D eigenvalue weighted by atomic mass is 16.5. The molecule has 1 aromatic heterocycles. The van der Waals surface area contributed by atoms with Crippen molar-refractivity contribution in [1.82, 2.24) is 15.2 Å². The summed E-state index contributed by atoms with van der Waals surface area (Å²) in [5.41, 5.74) is 1.18. The summed E-state index contributed by atoms with van der Waals surface area (Å²) in [4.78, 5) is 18.2. The standard InChI is InChI=1S/C16H23N3O2/c1-2-3-4-16(20)18-13-15(14-5-7-17-8-6-14)19-9-11-21-12-10-19/h2-3,5-8,15H,4,9-13H2,1H3,(H,18,20). The van der Waals surface area contributed by atoms with E-state index in [1.165, 1.54) is 5.56 Å². The van der Waals surface area contributed by atoms with Gasteiger partial charge in [-0.15, -0.1) is 0 Å². The van der Waals surface area contributed by atoms with Gasteiger partial charge in [-0.05, 0) is 24.6 Å². The van der Waals surface area contributed by atoms with E-state index < -0.39 is 0 Å². The first-order chi connectivity index (χ1) is 10.3. The third kappa shape index (κ3) is 4.95. The maximum Gasteiger partial charge on any atom is 0.223 e. The minimum absolute atomic E-state index is 0.0559. The van der Waals surface area contributed by atoms with Crippen LogP contribution in [0.2, 0.25) is 0 Å². The number of pyridine rings is 1. The first-order valence-electron chi connectivity index (χ1n) is 7.41. The van der Waals surface area contributed by atoms with E-state index in [9.17, 15) is 4.79 Å². The fourth-order valence-corrected chi connectivity index (χ4v) is 2.44. The van der Waals surface area contributed by atoms with Crippen LogP contribution in [0.4, 0.5) is 0 Å². The average Bonchev–Trinajstić information content (AvgIpc) is 2.55. The van der Waals surface area contributed by atoms with Crippen molar-refractivity contribution in [3.8, 4) is 0 Å². The summed E-state index contributed by atoms with van der Waals surface area (Å²) in [6.45, 7) is 5.79. The highest BCUT2D eigenvalue weighted by Crippen LogP contribution is 2.20. The summed E-state index contributed by atoms with van der Waals surface area (Å²) in [5.74, 6) is 0.0559. The van der Waals surface area contributed by atoms with Gasteiger partial charge in [0.15, 0.2) is 0 Å². The maximum absolute atomic E-state index is 11.8. The molecule has 0 radical (unpaired) electrons. The molecule has 0 aliphatic carbocycles. The monoisotopic (exact) mass is 289 g/mol. The van der Waals surface area contributed by atoms with Crippen LogP contribution < -0.4 is 5.32 Å². The van der Waals surface area contributed by atoms with Crippen LogP contribution in [-0.2, 0) is 9.53 Å². The lowest BCUT2D eigenvalue weighted by molar-refractivity contribution is -0.120. The normalized spacial score (nSPS) is 17.8. The molecule has 2 heterocycles. The number of ether oxygens (including phenoxy) is 1. The summed E-state index contributed by atoms with van der Waals surface area (Å²) >= 11 is 0. The second kappa shape index (κ2) is 8.54. The van der Waals surface area contributed by atoms with E-state index in [1.54, 1.807) is 12.4 Å². The number of nitrogens with zero attached hydrogens (tertiary/aromatic N) is 2. The third-order valence-corrected chi connectivity index (χ3v) is 3.61. The van der Waals surface area contributed by atoms with Crippen LogP contribution in [-0.4, -0.2) is 48.6 Å². The van der Waals surface area contributed by atoms with E-state index in [4.69, 9.17) is 4.74 Å². The zero-order valence-electron chi connectivity index (χ0n) is 12.5. The van der Waals surface area contributed by atoms with Gasteiger partial charge < -0.3 is 10.1 Å². The number of hydrogen-bond acceptors (Lipinski definition) is 4. The molecule has 1 aliphatic heterocycles. The Morgan fingerprint density at radius 2 is 2.14 bits per heavy atom. The predicted molar refractivity (Wildman–Crippen MR) is 81.8 cm³/mol. The molecule has 1 aliphatic rings. The highest BCUT2D eigenvalue weighted by Gasteiger charge is 2.22. The lowest BCUT2D eigenvalue weighted by Crippen LogP contribution is -2.43. The fraction of sp³-hybridized carbons (Fsp3) is 0.500. The number of amides is 1. The molecule has 0 saturated carbocycles. The number of morpholine rings is 1.